The molecule has 0 saturated carbocycles. The summed E-state index contributed by atoms with van der Waals surface area (Å²) >= 11 is 9.60. The molecule has 2 aromatic carbocycles. The van der Waals surface area contributed by atoms with E-state index in [0.29, 0.717) is 29.4 Å². The van der Waals surface area contributed by atoms with Crippen LogP contribution in [0.1, 0.15) is 23.2 Å². The van der Waals surface area contributed by atoms with E-state index in [4.69, 9.17) is 11.6 Å². The van der Waals surface area contributed by atoms with Gasteiger partial charge >= 0.3 is 6.03 Å². The van der Waals surface area contributed by atoms with Crippen molar-refractivity contribution in [1.82, 2.24) is 10.2 Å². The lowest BCUT2D eigenvalue weighted by molar-refractivity contribution is 0.0708. The van der Waals surface area contributed by atoms with Crippen LogP contribution in [0.4, 0.5) is 10.5 Å². The molecule has 7 heteroatoms. The van der Waals surface area contributed by atoms with Crippen molar-refractivity contribution in [1.29, 1.82) is 0 Å². The van der Waals surface area contributed by atoms with Crippen molar-refractivity contribution >= 4 is 45.2 Å². The Morgan fingerprint density at radius 3 is 2.48 bits per heavy atom. The van der Waals surface area contributed by atoms with Gasteiger partial charge in [0.05, 0.1) is 10.7 Å². The molecule has 1 N–H and O–H groups in total. The molecule has 0 spiro atoms. The lowest BCUT2D eigenvalue weighted by Crippen LogP contribution is -2.49. The number of carbonyl (C=O) groups is 2. The second-order valence-electron chi connectivity index (χ2n) is 6.54. The zero-order valence-corrected chi connectivity index (χ0v) is 17.3. The van der Waals surface area contributed by atoms with Crippen molar-refractivity contribution in [2.24, 2.45) is 0 Å². The van der Waals surface area contributed by atoms with Crippen LogP contribution in [-0.2, 0) is 0 Å². The van der Waals surface area contributed by atoms with E-state index < -0.39 is 0 Å². The minimum absolute atomic E-state index is 0.0331. The molecule has 2 aromatic rings. The molecule has 1 aliphatic rings. The molecule has 3 rings (SSSR count). The number of benzene rings is 2. The van der Waals surface area contributed by atoms with Gasteiger partial charge in [0.25, 0.3) is 5.91 Å². The van der Waals surface area contributed by atoms with Gasteiger partial charge in [0.1, 0.15) is 0 Å². The number of hydrogen-bond acceptors (Lipinski definition) is 2. The highest BCUT2D eigenvalue weighted by Crippen LogP contribution is 2.28. The van der Waals surface area contributed by atoms with E-state index in [1.807, 2.05) is 47.4 Å². The van der Waals surface area contributed by atoms with Crippen LogP contribution in [0.2, 0.25) is 5.02 Å². The molecule has 1 aliphatic heterocycles. The first-order valence-electron chi connectivity index (χ1n) is 8.79. The van der Waals surface area contributed by atoms with Crippen molar-refractivity contribution in [3.63, 3.8) is 0 Å². The highest BCUT2D eigenvalue weighted by atomic mass is 79.9. The van der Waals surface area contributed by atoms with Crippen molar-refractivity contribution in [3.05, 3.63) is 63.6 Å². The molecule has 142 valence electrons. The molecule has 3 amide bonds. The van der Waals surface area contributed by atoms with E-state index in [1.54, 1.807) is 13.1 Å². The minimum Gasteiger partial charge on any atom is -0.338 e. The smallest absolute Gasteiger partial charge is 0.321 e. The first kappa shape index (κ1) is 19.7. The Labute approximate surface area is 172 Å². The molecule has 0 atom stereocenters. The Kier molecular flexibility index (Phi) is 6.39. The molecule has 1 fully saturated rings. The highest BCUT2D eigenvalue weighted by Gasteiger charge is 2.26. The summed E-state index contributed by atoms with van der Waals surface area (Å²) in [6.07, 6.45) is 1.45. The summed E-state index contributed by atoms with van der Waals surface area (Å²) in [5, 5.41) is 3.55. The van der Waals surface area contributed by atoms with Crippen molar-refractivity contribution in [3.8, 4) is 0 Å². The Balaban J connectivity index is 1.55. The molecular formula is C20H21BrClN3O2. The molecule has 0 aliphatic carbocycles. The predicted molar refractivity (Wildman–Crippen MR) is 111 cm³/mol. The molecule has 1 saturated heterocycles. The second-order valence-corrected chi connectivity index (χ2v) is 7.86. The molecule has 0 radical (unpaired) electrons. The number of halogens is 2. The summed E-state index contributed by atoms with van der Waals surface area (Å²) in [4.78, 5) is 28.4. The fraction of sp³-hybridized carbons (Fsp3) is 0.300. The zero-order chi connectivity index (χ0) is 19.4. The van der Waals surface area contributed by atoms with Gasteiger partial charge < -0.3 is 10.2 Å². The van der Waals surface area contributed by atoms with Crippen LogP contribution in [0, 0.1) is 0 Å². The Morgan fingerprint density at radius 2 is 1.81 bits per heavy atom. The fourth-order valence-electron chi connectivity index (χ4n) is 3.11. The Morgan fingerprint density at radius 1 is 1.15 bits per heavy atom. The third-order valence-electron chi connectivity index (χ3n) is 4.70. The molecule has 27 heavy (non-hydrogen) atoms. The third kappa shape index (κ3) is 4.82. The number of hydrogen-bond donors (Lipinski definition) is 1. The number of nitrogens with one attached hydrogen (secondary N) is 1. The van der Waals surface area contributed by atoms with Gasteiger partial charge in [0.2, 0.25) is 0 Å². The van der Waals surface area contributed by atoms with Gasteiger partial charge in [-0.3, -0.25) is 9.69 Å². The Hall–Kier alpha value is -2.05. The van der Waals surface area contributed by atoms with E-state index in [-0.39, 0.29) is 18.0 Å². The Bertz CT molecular complexity index is 823. The van der Waals surface area contributed by atoms with E-state index in [9.17, 15) is 9.59 Å². The third-order valence-corrected chi connectivity index (χ3v) is 5.52. The summed E-state index contributed by atoms with van der Waals surface area (Å²) in [5.74, 6) is 0.0402. The van der Waals surface area contributed by atoms with Gasteiger partial charge in [-0.25, -0.2) is 4.79 Å². The quantitative estimate of drug-likeness (QED) is 0.746. The molecule has 0 aromatic heterocycles. The van der Waals surface area contributed by atoms with Crippen LogP contribution < -0.4 is 10.2 Å². The van der Waals surface area contributed by atoms with Gasteiger partial charge in [-0.1, -0.05) is 45.7 Å². The van der Waals surface area contributed by atoms with Crippen LogP contribution in [0.5, 0.6) is 0 Å². The molecule has 0 bridgehead atoms. The summed E-state index contributed by atoms with van der Waals surface area (Å²) in [5.41, 5.74) is 1.34. The van der Waals surface area contributed by atoms with Crippen molar-refractivity contribution < 1.29 is 9.59 Å². The van der Waals surface area contributed by atoms with Gasteiger partial charge in [-0.05, 0) is 43.2 Å². The number of rotatable bonds is 3. The monoisotopic (exact) mass is 449 g/mol. The predicted octanol–water partition coefficient (Wildman–Crippen LogP) is 4.55. The lowest BCUT2D eigenvalue weighted by Gasteiger charge is -2.33. The standard InChI is InChI=1S/C20H21BrClN3O2/c1-24(18-13-15(21)7-8-17(18)22)20(27)23-16-9-11-25(12-10-16)19(26)14-5-3-2-4-6-14/h2-8,13,16H,9-12H2,1H3,(H,23,27). The van der Waals surface area contributed by atoms with Crippen LogP contribution in [0.3, 0.4) is 0 Å². The summed E-state index contributed by atoms with van der Waals surface area (Å²) in [6, 6.07) is 14.5. The number of likely N-dealkylation sites (tertiary alicyclic amines) is 1. The molecular weight excluding hydrogens is 430 g/mol. The number of carbonyl (C=O) groups excluding carboxylic acids is 2. The first-order chi connectivity index (χ1) is 13.0. The maximum atomic E-state index is 12.6. The average molecular weight is 451 g/mol. The minimum atomic E-state index is -0.206. The van der Waals surface area contributed by atoms with E-state index in [0.717, 1.165) is 17.3 Å². The maximum Gasteiger partial charge on any atom is 0.321 e. The number of amides is 3. The summed E-state index contributed by atoms with van der Waals surface area (Å²) in [7, 11) is 1.69. The largest absolute Gasteiger partial charge is 0.338 e. The van der Waals surface area contributed by atoms with Crippen molar-refractivity contribution in [2.45, 2.75) is 18.9 Å². The van der Waals surface area contributed by atoms with Crippen LogP contribution in [0.15, 0.2) is 53.0 Å². The SMILES string of the molecule is CN(C(=O)NC1CCN(C(=O)c2ccccc2)CC1)c1cc(Br)ccc1Cl. The summed E-state index contributed by atoms with van der Waals surface area (Å²) in [6.45, 7) is 1.25. The normalized spacial score (nSPS) is 14.7. The fourth-order valence-corrected chi connectivity index (χ4v) is 3.71. The maximum absolute atomic E-state index is 12.6. The lowest BCUT2D eigenvalue weighted by atomic mass is 10.0. The second kappa shape index (κ2) is 8.76. The van der Waals surface area contributed by atoms with Crippen molar-refractivity contribution in [2.75, 3.05) is 25.0 Å². The zero-order valence-electron chi connectivity index (χ0n) is 15.0. The van der Waals surface area contributed by atoms with Crippen LogP contribution in [-0.4, -0.2) is 43.0 Å². The highest BCUT2D eigenvalue weighted by molar-refractivity contribution is 9.10. The average Bonchev–Trinajstić information content (AvgIpc) is 2.70. The number of piperidine rings is 1. The molecule has 0 unspecified atom stereocenters. The number of nitrogens with zero attached hydrogens (tertiary/aromatic N) is 2. The van der Waals surface area contributed by atoms with Crippen LogP contribution >= 0.6 is 27.5 Å². The molecule has 5 nitrogen and oxygen atoms in total. The van der Waals surface area contributed by atoms with Gasteiger partial charge in [0.15, 0.2) is 0 Å². The van der Waals surface area contributed by atoms with E-state index >= 15 is 0 Å². The van der Waals surface area contributed by atoms with Crippen LogP contribution in [0.25, 0.3) is 0 Å². The molecule has 1 heterocycles. The summed E-state index contributed by atoms with van der Waals surface area (Å²) < 4.78 is 0.856. The first-order valence-corrected chi connectivity index (χ1v) is 9.96. The van der Waals surface area contributed by atoms with E-state index in [2.05, 4.69) is 21.2 Å². The number of urea groups is 1. The van der Waals surface area contributed by atoms with Gasteiger partial charge in [0, 0.05) is 36.2 Å². The van der Waals surface area contributed by atoms with Gasteiger partial charge in [-0.15, -0.1) is 0 Å². The topological polar surface area (TPSA) is 52.7 Å². The number of anilines is 1. The van der Waals surface area contributed by atoms with E-state index in [1.165, 1.54) is 4.90 Å². The van der Waals surface area contributed by atoms with Gasteiger partial charge in [-0.2, -0.15) is 0 Å².